The van der Waals surface area contributed by atoms with Crippen molar-refractivity contribution in [2.24, 2.45) is 0 Å². The molecule has 0 aromatic heterocycles. The Morgan fingerprint density at radius 2 is 2.06 bits per heavy atom. The largest absolute Gasteiger partial charge is 0.396 e. The fourth-order valence-electron chi connectivity index (χ4n) is 1.45. The number of rotatable bonds is 7. The minimum atomic E-state index is 0.101. The van der Waals surface area contributed by atoms with Gasteiger partial charge in [0.25, 0.3) is 0 Å². The highest BCUT2D eigenvalue weighted by atomic mass is 16.5. The van der Waals surface area contributed by atoms with Crippen LogP contribution in [0.3, 0.4) is 0 Å². The van der Waals surface area contributed by atoms with Gasteiger partial charge in [0.05, 0.1) is 12.7 Å². The number of benzene rings is 1. The van der Waals surface area contributed by atoms with E-state index in [9.17, 15) is 0 Å². The van der Waals surface area contributed by atoms with Crippen molar-refractivity contribution in [1.29, 1.82) is 0 Å². The van der Waals surface area contributed by atoms with E-state index in [4.69, 9.17) is 9.84 Å². The van der Waals surface area contributed by atoms with Crippen LogP contribution < -0.4 is 0 Å². The first-order valence-corrected chi connectivity index (χ1v) is 6.33. The molecule has 1 unspecified atom stereocenters. The van der Waals surface area contributed by atoms with E-state index in [0.717, 1.165) is 0 Å². The normalized spacial score (nSPS) is 14.1. The van der Waals surface area contributed by atoms with Gasteiger partial charge >= 0.3 is 0 Å². The zero-order valence-corrected chi connectivity index (χ0v) is 11.2. The topological polar surface area (TPSA) is 29.5 Å². The molecule has 0 fully saturated rings. The summed E-state index contributed by atoms with van der Waals surface area (Å²) in [4.78, 5) is 0. The quantitative estimate of drug-likeness (QED) is 0.746. The summed E-state index contributed by atoms with van der Waals surface area (Å²) >= 11 is 0. The number of aliphatic hydroxyl groups is 1. The van der Waals surface area contributed by atoms with E-state index in [1.54, 1.807) is 0 Å². The Morgan fingerprint density at radius 1 is 1.33 bits per heavy atom. The smallest absolute Gasteiger partial charge is 0.0761 e. The highest BCUT2D eigenvalue weighted by Crippen LogP contribution is 2.09. The van der Waals surface area contributed by atoms with Crippen molar-refractivity contribution in [2.45, 2.75) is 33.0 Å². The van der Waals surface area contributed by atoms with E-state index in [2.05, 4.69) is 26.0 Å². The lowest BCUT2D eigenvalue weighted by Gasteiger charge is -2.13. The Morgan fingerprint density at radius 3 is 2.72 bits per heavy atom. The summed E-state index contributed by atoms with van der Waals surface area (Å²) in [6.07, 6.45) is 6.75. The van der Waals surface area contributed by atoms with Gasteiger partial charge in [-0.3, -0.25) is 0 Å². The van der Waals surface area contributed by atoms with Crippen LogP contribution in [0, 0.1) is 0 Å². The highest BCUT2D eigenvalue weighted by Gasteiger charge is 2.03. The van der Waals surface area contributed by atoms with Crippen molar-refractivity contribution in [3.05, 3.63) is 59.7 Å². The van der Waals surface area contributed by atoms with E-state index in [1.165, 1.54) is 11.1 Å². The van der Waals surface area contributed by atoms with Gasteiger partial charge in [0, 0.05) is 6.61 Å². The molecule has 0 aliphatic heterocycles. The molecule has 0 aliphatic rings. The number of hydrogen-bond acceptors (Lipinski definition) is 2. The second kappa shape index (κ2) is 8.67. The van der Waals surface area contributed by atoms with Crippen LogP contribution in [0.2, 0.25) is 0 Å². The maximum atomic E-state index is 8.65. The second-order valence-corrected chi connectivity index (χ2v) is 4.29. The molecule has 2 nitrogen and oxygen atoms in total. The maximum Gasteiger partial charge on any atom is 0.0761 e. The van der Waals surface area contributed by atoms with E-state index < -0.39 is 0 Å². The molecule has 0 saturated carbocycles. The monoisotopic (exact) mass is 246 g/mol. The van der Waals surface area contributed by atoms with Crippen LogP contribution in [0.15, 0.2) is 54.1 Å². The molecule has 98 valence electrons. The molecule has 1 aromatic carbocycles. The van der Waals surface area contributed by atoms with Crippen molar-refractivity contribution >= 4 is 0 Å². The molecule has 2 heteroatoms. The Hall–Kier alpha value is -1.38. The van der Waals surface area contributed by atoms with Gasteiger partial charge in [-0.1, -0.05) is 48.6 Å². The Bertz CT molecular complexity index is 379. The fraction of sp³-hybridized carbons (Fsp3) is 0.375. The van der Waals surface area contributed by atoms with Crippen LogP contribution in [0.25, 0.3) is 0 Å². The third-order valence-electron chi connectivity index (χ3n) is 2.78. The SMILES string of the molecule is C/C(=C\C=C\CCO)C(C)OCc1ccccc1. The van der Waals surface area contributed by atoms with E-state index in [-0.39, 0.29) is 12.7 Å². The highest BCUT2D eigenvalue weighted by molar-refractivity contribution is 5.15. The van der Waals surface area contributed by atoms with Crippen LogP contribution in [0.4, 0.5) is 0 Å². The van der Waals surface area contributed by atoms with Gasteiger partial charge in [-0.15, -0.1) is 0 Å². The van der Waals surface area contributed by atoms with Crippen molar-refractivity contribution in [3.8, 4) is 0 Å². The van der Waals surface area contributed by atoms with Crippen LogP contribution in [-0.2, 0) is 11.3 Å². The molecule has 0 spiro atoms. The summed E-state index contributed by atoms with van der Waals surface area (Å²) in [5.74, 6) is 0. The average molecular weight is 246 g/mol. The first-order chi connectivity index (χ1) is 8.74. The van der Waals surface area contributed by atoms with E-state index in [0.29, 0.717) is 13.0 Å². The summed E-state index contributed by atoms with van der Waals surface area (Å²) in [6.45, 7) is 4.94. The standard InChI is InChI=1S/C16H22O2/c1-14(9-5-4-8-12-17)15(2)18-13-16-10-6-3-7-11-16/h3-7,9-11,15,17H,8,12-13H2,1-2H3/b5-4+,14-9+. The minimum Gasteiger partial charge on any atom is -0.396 e. The zero-order valence-electron chi connectivity index (χ0n) is 11.2. The number of aliphatic hydroxyl groups excluding tert-OH is 1. The van der Waals surface area contributed by atoms with Crippen LogP contribution in [-0.4, -0.2) is 17.8 Å². The molecule has 0 radical (unpaired) electrons. The molecule has 1 N–H and O–H groups in total. The molecular formula is C16H22O2. The van der Waals surface area contributed by atoms with Gasteiger partial charge in [0.15, 0.2) is 0 Å². The maximum absolute atomic E-state index is 8.65. The summed E-state index contributed by atoms with van der Waals surface area (Å²) in [7, 11) is 0. The summed E-state index contributed by atoms with van der Waals surface area (Å²) < 4.78 is 5.80. The molecule has 1 rings (SSSR count). The molecule has 0 amide bonds. The molecule has 0 aliphatic carbocycles. The van der Waals surface area contributed by atoms with Gasteiger partial charge < -0.3 is 9.84 Å². The molecule has 1 aromatic rings. The van der Waals surface area contributed by atoms with Gasteiger partial charge in [-0.25, -0.2) is 0 Å². The molecule has 1 atom stereocenters. The van der Waals surface area contributed by atoms with Crippen molar-refractivity contribution in [3.63, 3.8) is 0 Å². The van der Waals surface area contributed by atoms with E-state index in [1.807, 2.05) is 36.4 Å². The summed E-state index contributed by atoms with van der Waals surface area (Å²) in [6, 6.07) is 10.2. The lowest BCUT2D eigenvalue weighted by atomic mass is 10.1. The lowest BCUT2D eigenvalue weighted by molar-refractivity contribution is 0.0766. The lowest BCUT2D eigenvalue weighted by Crippen LogP contribution is -2.09. The van der Waals surface area contributed by atoms with Crippen molar-refractivity contribution in [1.82, 2.24) is 0 Å². The molecule has 0 heterocycles. The molecule has 0 saturated heterocycles. The minimum absolute atomic E-state index is 0.101. The summed E-state index contributed by atoms with van der Waals surface area (Å²) in [5, 5.41) is 8.65. The third kappa shape index (κ3) is 5.80. The van der Waals surface area contributed by atoms with Crippen LogP contribution in [0.1, 0.15) is 25.8 Å². The van der Waals surface area contributed by atoms with Gasteiger partial charge in [0.2, 0.25) is 0 Å². The van der Waals surface area contributed by atoms with Crippen molar-refractivity contribution < 1.29 is 9.84 Å². The van der Waals surface area contributed by atoms with Crippen molar-refractivity contribution in [2.75, 3.05) is 6.61 Å². The second-order valence-electron chi connectivity index (χ2n) is 4.29. The van der Waals surface area contributed by atoms with Gasteiger partial charge in [-0.05, 0) is 31.4 Å². The van der Waals surface area contributed by atoms with Crippen LogP contribution in [0.5, 0.6) is 0 Å². The first-order valence-electron chi connectivity index (χ1n) is 6.33. The molecule has 0 bridgehead atoms. The fourth-order valence-corrected chi connectivity index (χ4v) is 1.45. The van der Waals surface area contributed by atoms with E-state index >= 15 is 0 Å². The number of ether oxygens (including phenoxy) is 1. The van der Waals surface area contributed by atoms with Crippen LogP contribution >= 0.6 is 0 Å². The third-order valence-corrected chi connectivity index (χ3v) is 2.78. The Labute approximate surface area is 110 Å². The predicted octanol–water partition coefficient (Wildman–Crippen LogP) is 3.48. The van der Waals surface area contributed by atoms with Gasteiger partial charge in [-0.2, -0.15) is 0 Å². The summed E-state index contributed by atoms with van der Waals surface area (Å²) in [5.41, 5.74) is 2.37. The van der Waals surface area contributed by atoms with Gasteiger partial charge in [0.1, 0.15) is 0 Å². The number of allylic oxidation sites excluding steroid dienone is 2. The average Bonchev–Trinajstić information content (AvgIpc) is 2.42. The molecular weight excluding hydrogens is 224 g/mol. The first kappa shape index (κ1) is 14.7. The number of hydrogen-bond donors (Lipinski definition) is 1. The Kier molecular flexibility index (Phi) is 7.07. The molecule has 18 heavy (non-hydrogen) atoms. The Balaban J connectivity index is 2.38. The zero-order chi connectivity index (χ0) is 13.2. The predicted molar refractivity (Wildman–Crippen MR) is 75.3 cm³/mol.